The number of piperidine rings is 1. The third kappa shape index (κ3) is 5.37. The number of likely N-dealkylation sites (tertiary alicyclic amines) is 1. The first kappa shape index (κ1) is 23.7. The van der Waals surface area contributed by atoms with E-state index in [-0.39, 0.29) is 30.2 Å². The Labute approximate surface area is 196 Å². The third-order valence-electron chi connectivity index (χ3n) is 7.38. The zero-order chi connectivity index (χ0) is 23.4. The van der Waals surface area contributed by atoms with Crippen molar-refractivity contribution in [2.45, 2.75) is 51.0 Å². The number of carbonyl (C=O) groups is 2. The minimum absolute atomic E-state index is 0.0208. The Morgan fingerprint density at radius 1 is 1.00 bits per heavy atom. The highest BCUT2D eigenvalue weighted by molar-refractivity contribution is 6.00. The number of anilines is 1. The van der Waals surface area contributed by atoms with Crippen LogP contribution in [0.3, 0.4) is 0 Å². The maximum absolute atomic E-state index is 13.0. The number of hydrogen-bond donors (Lipinski definition) is 1. The predicted molar refractivity (Wildman–Crippen MR) is 126 cm³/mol. The summed E-state index contributed by atoms with van der Waals surface area (Å²) in [5, 5.41) is 3.22. The number of amides is 2. The lowest BCUT2D eigenvalue weighted by molar-refractivity contribution is -0.127. The van der Waals surface area contributed by atoms with Crippen molar-refractivity contribution in [2.24, 2.45) is 11.8 Å². The van der Waals surface area contributed by atoms with Crippen LogP contribution in [0.15, 0.2) is 12.1 Å². The summed E-state index contributed by atoms with van der Waals surface area (Å²) in [5.74, 6) is 1.86. The molecule has 33 heavy (non-hydrogen) atoms. The van der Waals surface area contributed by atoms with E-state index in [4.69, 9.17) is 14.2 Å². The molecular formula is C25H37N3O5. The van der Waals surface area contributed by atoms with Gasteiger partial charge in [-0.3, -0.25) is 9.59 Å². The van der Waals surface area contributed by atoms with Crippen LogP contribution in [-0.2, 0) is 9.59 Å². The molecule has 0 radical (unpaired) electrons. The minimum Gasteiger partial charge on any atom is -0.493 e. The number of hydrogen-bond acceptors (Lipinski definition) is 6. The van der Waals surface area contributed by atoms with Gasteiger partial charge in [-0.25, -0.2) is 0 Å². The van der Waals surface area contributed by atoms with Crippen LogP contribution in [0.1, 0.15) is 44.9 Å². The minimum atomic E-state index is -0.354. The van der Waals surface area contributed by atoms with E-state index in [2.05, 4.69) is 10.2 Å². The second-order valence-corrected chi connectivity index (χ2v) is 9.52. The molecule has 0 aromatic heterocycles. The van der Waals surface area contributed by atoms with E-state index < -0.39 is 0 Å². The van der Waals surface area contributed by atoms with Gasteiger partial charge in [-0.1, -0.05) is 12.8 Å². The summed E-state index contributed by atoms with van der Waals surface area (Å²) < 4.78 is 16.2. The molecule has 1 atom stereocenters. The van der Waals surface area contributed by atoms with Gasteiger partial charge in [0.25, 0.3) is 0 Å². The zero-order valence-electron chi connectivity index (χ0n) is 20.1. The Kier molecular flexibility index (Phi) is 7.63. The van der Waals surface area contributed by atoms with Crippen molar-refractivity contribution in [3.63, 3.8) is 0 Å². The van der Waals surface area contributed by atoms with Gasteiger partial charge in [-0.15, -0.1) is 0 Å². The van der Waals surface area contributed by atoms with Gasteiger partial charge in [0.2, 0.25) is 17.6 Å². The van der Waals surface area contributed by atoms with Gasteiger partial charge in [0, 0.05) is 50.8 Å². The molecule has 0 spiro atoms. The van der Waals surface area contributed by atoms with Crippen molar-refractivity contribution in [3.05, 3.63) is 12.1 Å². The van der Waals surface area contributed by atoms with E-state index in [0.29, 0.717) is 29.5 Å². The molecule has 2 amide bonds. The van der Waals surface area contributed by atoms with E-state index in [1.165, 1.54) is 32.2 Å². The van der Waals surface area contributed by atoms with E-state index in [0.717, 1.165) is 31.8 Å². The van der Waals surface area contributed by atoms with Crippen molar-refractivity contribution >= 4 is 17.5 Å². The molecule has 3 fully saturated rings. The fraction of sp³-hybridized carbons (Fsp3) is 0.680. The second kappa shape index (κ2) is 10.6. The normalized spacial score (nSPS) is 22.6. The number of methoxy groups -OCH3 is 3. The molecule has 4 rings (SSSR count). The number of nitrogens with one attached hydrogen (secondary N) is 1. The van der Waals surface area contributed by atoms with Crippen molar-refractivity contribution < 1.29 is 23.8 Å². The van der Waals surface area contributed by atoms with Crippen molar-refractivity contribution in [1.82, 2.24) is 10.2 Å². The summed E-state index contributed by atoms with van der Waals surface area (Å²) in [6.07, 6.45) is 7.67. The fourth-order valence-corrected chi connectivity index (χ4v) is 5.49. The molecule has 8 nitrogen and oxygen atoms in total. The molecule has 182 valence electrons. The highest BCUT2D eigenvalue weighted by Gasteiger charge is 2.37. The third-order valence-corrected chi connectivity index (χ3v) is 7.38. The van der Waals surface area contributed by atoms with Crippen LogP contribution < -0.4 is 24.4 Å². The van der Waals surface area contributed by atoms with Crippen LogP contribution in [0, 0.1) is 11.8 Å². The number of rotatable bonds is 8. The summed E-state index contributed by atoms with van der Waals surface area (Å²) in [6, 6.07) is 3.70. The molecule has 1 N–H and O–H groups in total. The van der Waals surface area contributed by atoms with Crippen LogP contribution in [-0.4, -0.2) is 70.3 Å². The molecule has 2 heterocycles. The summed E-state index contributed by atoms with van der Waals surface area (Å²) in [4.78, 5) is 29.9. The molecule has 1 saturated carbocycles. The SMILES string of the molecule is COc1cc(N2CC(C(=O)NC3CCN(CC4CCCC4)CC3)CC2=O)cc(OC)c1OC. The Hall–Kier alpha value is -2.48. The van der Waals surface area contributed by atoms with Gasteiger partial charge in [0.05, 0.1) is 32.9 Å². The summed E-state index contributed by atoms with van der Waals surface area (Å²) in [6.45, 7) is 3.65. The van der Waals surface area contributed by atoms with Gasteiger partial charge >= 0.3 is 0 Å². The topological polar surface area (TPSA) is 80.3 Å². The van der Waals surface area contributed by atoms with Crippen LogP contribution >= 0.6 is 0 Å². The standard InChI is InChI=1S/C25H37N3O5/c1-31-21-13-20(14-22(32-2)24(21)33-3)28-16-18(12-23(28)29)25(30)26-19-8-10-27(11-9-19)15-17-6-4-5-7-17/h13-14,17-19H,4-12,15-16H2,1-3H3,(H,26,30). The van der Waals surface area contributed by atoms with Crippen LogP contribution in [0.2, 0.25) is 0 Å². The monoisotopic (exact) mass is 459 g/mol. The Morgan fingerprint density at radius 3 is 2.21 bits per heavy atom. The van der Waals surface area contributed by atoms with Crippen molar-refractivity contribution in [2.75, 3.05) is 52.4 Å². The highest BCUT2D eigenvalue weighted by atomic mass is 16.5. The number of carbonyl (C=O) groups excluding carboxylic acids is 2. The lowest BCUT2D eigenvalue weighted by Crippen LogP contribution is -2.47. The molecule has 1 aliphatic carbocycles. The van der Waals surface area contributed by atoms with Crippen molar-refractivity contribution in [3.8, 4) is 17.2 Å². The van der Waals surface area contributed by atoms with E-state index in [9.17, 15) is 9.59 Å². The van der Waals surface area contributed by atoms with Gasteiger partial charge in [0.1, 0.15) is 0 Å². The van der Waals surface area contributed by atoms with Gasteiger partial charge in [0.15, 0.2) is 11.5 Å². The van der Waals surface area contributed by atoms with Crippen LogP contribution in [0.5, 0.6) is 17.2 Å². The number of benzene rings is 1. The Morgan fingerprint density at radius 2 is 1.64 bits per heavy atom. The van der Waals surface area contributed by atoms with Gasteiger partial charge in [-0.2, -0.15) is 0 Å². The molecule has 0 bridgehead atoms. The Balaban J connectivity index is 1.32. The summed E-state index contributed by atoms with van der Waals surface area (Å²) in [7, 11) is 4.63. The smallest absolute Gasteiger partial charge is 0.227 e. The van der Waals surface area contributed by atoms with Gasteiger partial charge < -0.3 is 29.3 Å². The first-order valence-corrected chi connectivity index (χ1v) is 12.2. The largest absolute Gasteiger partial charge is 0.493 e. The Bertz CT molecular complexity index is 821. The first-order chi connectivity index (χ1) is 16.0. The molecule has 2 saturated heterocycles. The van der Waals surface area contributed by atoms with Crippen LogP contribution in [0.25, 0.3) is 0 Å². The van der Waals surface area contributed by atoms with Crippen molar-refractivity contribution in [1.29, 1.82) is 0 Å². The summed E-state index contributed by atoms with van der Waals surface area (Å²) in [5.41, 5.74) is 0.644. The van der Waals surface area contributed by atoms with E-state index in [1.807, 2.05) is 0 Å². The predicted octanol–water partition coefficient (Wildman–Crippen LogP) is 2.84. The van der Waals surface area contributed by atoms with Crippen LogP contribution in [0.4, 0.5) is 5.69 Å². The first-order valence-electron chi connectivity index (χ1n) is 12.2. The summed E-state index contributed by atoms with van der Waals surface area (Å²) >= 11 is 0. The van der Waals surface area contributed by atoms with E-state index in [1.54, 1.807) is 38.4 Å². The fourth-order valence-electron chi connectivity index (χ4n) is 5.49. The molecule has 1 unspecified atom stereocenters. The van der Waals surface area contributed by atoms with E-state index >= 15 is 0 Å². The lowest BCUT2D eigenvalue weighted by atomic mass is 10.0. The highest BCUT2D eigenvalue weighted by Crippen LogP contribution is 2.42. The average molecular weight is 460 g/mol. The quantitative estimate of drug-likeness (QED) is 0.644. The maximum Gasteiger partial charge on any atom is 0.227 e. The molecule has 1 aromatic carbocycles. The maximum atomic E-state index is 13.0. The molecule has 1 aromatic rings. The molecule has 3 aliphatic rings. The zero-order valence-corrected chi connectivity index (χ0v) is 20.1. The van der Waals surface area contributed by atoms with Gasteiger partial charge in [-0.05, 0) is 31.6 Å². The molecular weight excluding hydrogens is 422 g/mol. The molecule has 8 heteroatoms. The average Bonchev–Trinajstić information content (AvgIpc) is 3.49. The number of nitrogens with zero attached hydrogens (tertiary/aromatic N) is 2. The molecule has 2 aliphatic heterocycles. The second-order valence-electron chi connectivity index (χ2n) is 9.52. The lowest BCUT2D eigenvalue weighted by Gasteiger charge is -2.34. The number of ether oxygens (including phenoxy) is 3.